The van der Waals surface area contributed by atoms with E-state index in [0.717, 1.165) is 16.2 Å². The number of rotatable bonds is 11. The van der Waals surface area contributed by atoms with Gasteiger partial charge in [0.05, 0.1) is 0 Å². The Kier molecular flexibility index (Phi) is 8.76. The molecule has 2 aliphatic heterocycles. The smallest absolute Gasteiger partial charge is 0.373 e. The third-order valence-corrected chi connectivity index (χ3v) is 8.95. The lowest BCUT2D eigenvalue weighted by Gasteiger charge is -2.49. The van der Waals surface area contributed by atoms with E-state index >= 15 is 0 Å². The van der Waals surface area contributed by atoms with Gasteiger partial charge < -0.3 is 26.1 Å². The fraction of sp³-hybridized carbons (Fsp3) is 0.348. The molecule has 2 aromatic rings. The molecule has 39 heavy (non-hydrogen) atoms. The van der Waals surface area contributed by atoms with Crippen LogP contribution in [0.2, 0.25) is 0 Å². The molecule has 2 aromatic heterocycles. The second-order valence-corrected chi connectivity index (χ2v) is 11.4. The number of amides is 2. The second-order valence-electron chi connectivity index (χ2n) is 8.33. The number of hydrogen-bond donors (Lipinski definition) is 4. The number of β-lactam (4-membered cyclic amide) rings is 1. The number of fused-ring (bicyclic) bond motifs is 1. The van der Waals surface area contributed by atoms with Crippen LogP contribution in [0.15, 0.2) is 51.2 Å². The molecule has 0 spiro atoms. The maximum absolute atomic E-state index is 13.0. The molecule has 0 saturated carbocycles. The lowest BCUT2D eigenvalue weighted by atomic mass is 10.0. The number of aliphatic carboxylic acids is 2. The number of pyridine rings is 1. The van der Waals surface area contributed by atoms with Crippen molar-refractivity contribution in [3.63, 3.8) is 0 Å². The maximum atomic E-state index is 13.0. The molecule has 0 aromatic carbocycles. The van der Waals surface area contributed by atoms with Crippen molar-refractivity contribution < 1.29 is 38.8 Å². The number of anilines is 1. The van der Waals surface area contributed by atoms with Gasteiger partial charge in [-0.3, -0.25) is 14.5 Å². The number of hydrogen-bond acceptors (Lipinski definition) is 11. The van der Waals surface area contributed by atoms with Crippen LogP contribution >= 0.6 is 34.9 Å². The van der Waals surface area contributed by atoms with Gasteiger partial charge in [0, 0.05) is 40.8 Å². The molecule has 13 nitrogen and oxygen atoms in total. The molecule has 2 aliphatic rings. The number of carbonyl (C=O) groups excluding carboxylic acids is 2. The fourth-order valence-electron chi connectivity index (χ4n) is 3.81. The highest BCUT2D eigenvalue weighted by Crippen LogP contribution is 2.41. The fourth-order valence-corrected chi connectivity index (χ4v) is 6.73. The van der Waals surface area contributed by atoms with Gasteiger partial charge >= 0.3 is 11.9 Å². The van der Waals surface area contributed by atoms with Crippen molar-refractivity contribution in [1.82, 2.24) is 15.2 Å². The number of nitrogens with two attached hydrogens (primary N) is 1. The summed E-state index contributed by atoms with van der Waals surface area (Å²) in [5.74, 6) is -2.75. The van der Waals surface area contributed by atoms with Gasteiger partial charge in [-0.05, 0) is 12.5 Å². The summed E-state index contributed by atoms with van der Waals surface area (Å²) < 4.78 is 1.55. The highest BCUT2D eigenvalue weighted by atomic mass is 32.2. The summed E-state index contributed by atoms with van der Waals surface area (Å²) in [5, 5.41) is 26.7. The number of carboxylic acid groups (broad SMARTS) is 2. The topological polar surface area (TPSA) is 188 Å². The molecular weight excluding hydrogens is 568 g/mol. The molecule has 0 bridgehead atoms. The van der Waals surface area contributed by atoms with Crippen LogP contribution in [0.1, 0.15) is 25.6 Å². The van der Waals surface area contributed by atoms with Crippen LogP contribution in [-0.2, 0) is 24.0 Å². The summed E-state index contributed by atoms with van der Waals surface area (Å²) in [6.07, 6.45) is 3.29. The van der Waals surface area contributed by atoms with Crippen LogP contribution in [0.5, 0.6) is 0 Å². The van der Waals surface area contributed by atoms with Crippen molar-refractivity contribution in [1.29, 1.82) is 0 Å². The Balaban J connectivity index is 1.45. The summed E-state index contributed by atoms with van der Waals surface area (Å²) in [6, 6.07) is 1.84. The lowest BCUT2D eigenvalue weighted by molar-refractivity contribution is -0.707. The summed E-state index contributed by atoms with van der Waals surface area (Å²) in [5.41, 5.74) is 6.22. The molecule has 5 N–H and O–H groups in total. The third-order valence-electron chi connectivity index (χ3n) is 5.84. The standard InChI is InChI=1S/C23H24N6O7S3/c1-3-36-27-15(14-10-39-23(24)25-14)18(30)26-16-19(31)29-17(22(34)35)12(9-38-20(16)29)8-37-13-4-6-28(7-5-13)11(2)21(32)33/h4-7,10-11,16,20H,3,8-9H2,1-2H3,(H4-,24,25,26,30,32,33,34,35)/p+1/t11?,16-,20-/m1/s1. The van der Waals surface area contributed by atoms with Gasteiger partial charge in [-0.25, -0.2) is 14.6 Å². The molecule has 2 amide bonds. The molecular formula is C23H25N6O7S3+. The number of carboxylic acids is 2. The van der Waals surface area contributed by atoms with Gasteiger partial charge in [0.15, 0.2) is 23.2 Å². The molecule has 206 valence electrons. The van der Waals surface area contributed by atoms with Gasteiger partial charge in [-0.2, -0.15) is 4.57 Å². The van der Waals surface area contributed by atoms with E-state index in [9.17, 15) is 24.3 Å². The van der Waals surface area contributed by atoms with Crippen LogP contribution in [0.3, 0.4) is 0 Å². The molecule has 1 unspecified atom stereocenters. The van der Waals surface area contributed by atoms with E-state index < -0.39 is 41.2 Å². The van der Waals surface area contributed by atoms with E-state index in [0.29, 0.717) is 17.1 Å². The SMILES string of the molecule is CCON=C(C(=O)N[C@@H]1C(=O)N2C(C(=O)O)=C(CSc3cc[n+](C(C)C(=O)O)cc3)CS[C@H]12)c1csc(N)n1. The first-order chi connectivity index (χ1) is 18.6. The summed E-state index contributed by atoms with van der Waals surface area (Å²) in [7, 11) is 0. The molecule has 0 aliphatic carbocycles. The number of oxime groups is 1. The predicted octanol–water partition coefficient (Wildman–Crippen LogP) is 0.930. The second kappa shape index (κ2) is 12.0. The molecule has 4 rings (SSSR count). The quantitative estimate of drug-likeness (QED) is 0.0954. The van der Waals surface area contributed by atoms with E-state index in [-0.39, 0.29) is 28.8 Å². The maximum Gasteiger partial charge on any atom is 0.373 e. The minimum absolute atomic E-state index is 0.0947. The Bertz CT molecular complexity index is 1360. The average molecular weight is 594 g/mol. The van der Waals surface area contributed by atoms with Gasteiger partial charge in [0.25, 0.3) is 17.9 Å². The van der Waals surface area contributed by atoms with Gasteiger partial charge in [-0.1, -0.05) is 5.16 Å². The first-order valence-corrected chi connectivity index (χ1v) is 14.5. The zero-order valence-corrected chi connectivity index (χ0v) is 23.2. The number of nitrogens with zero attached hydrogens (tertiary/aromatic N) is 4. The van der Waals surface area contributed by atoms with E-state index in [2.05, 4.69) is 15.5 Å². The Morgan fingerprint density at radius 2 is 2.08 bits per heavy atom. The van der Waals surface area contributed by atoms with Crippen molar-refractivity contribution in [2.45, 2.75) is 36.2 Å². The summed E-state index contributed by atoms with van der Waals surface area (Å²) in [4.78, 5) is 60.5. The van der Waals surface area contributed by atoms with Crippen molar-refractivity contribution >= 4 is 69.5 Å². The Hall–Kier alpha value is -3.63. The lowest BCUT2D eigenvalue weighted by Crippen LogP contribution is -2.71. The number of carbonyl (C=O) groups is 4. The van der Waals surface area contributed by atoms with E-state index in [4.69, 9.17) is 15.7 Å². The number of nitrogens with one attached hydrogen (secondary N) is 1. The van der Waals surface area contributed by atoms with Crippen LogP contribution in [0.25, 0.3) is 0 Å². The largest absolute Gasteiger partial charge is 0.477 e. The predicted molar refractivity (Wildman–Crippen MR) is 144 cm³/mol. The first kappa shape index (κ1) is 28.4. The van der Waals surface area contributed by atoms with Crippen LogP contribution in [-0.4, -0.2) is 79.1 Å². The van der Waals surface area contributed by atoms with Crippen molar-refractivity contribution in [3.8, 4) is 0 Å². The van der Waals surface area contributed by atoms with Gasteiger partial charge in [-0.15, -0.1) is 34.9 Å². The van der Waals surface area contributed by atoms with E-state index in [1.807, 2.05) is 0 Å². The normalized spacial score (nSPS) is 19.7. The number of nitrogen functional groups attached to an aromatic ring is 1. The first-order valence-electron chi connectivity index (χ1n) is 11.6. The van der Waals surface area contributed by atoms with E-state index in [1.54, 1.807) is 48.3 Å². The average Bonchev–Trinajstić information content (AvgIpc) is 3.35. The molecule has 1 saturated heterocycles. The molecule has 0 radical (unpaired) electrons. The van der Waals surface area contributed by atoms with Gasteiger partial charge in [0.1, 0.15) is 29.4 Å². The van der Waals surface area contributed by atoms with Crippen LogP contribution < -0.4 is 15.6 Å². The summed E-state index contributed by atoms with van der Waals surface area (Å²) >= 11 is 3.85. The zero-order chi connectivity index (χ0) is 28.3. The number of thiazole rings is 1. The van der Waals surface area contributed by atoms with Crippen molar-refractivity contribution in [3.05, 3.63) is 46.9 Å². The Morgan fingerprint density at radius 3 is 2.67 bits per heavy atom. The number of thioether (sulfide) groups is 2. The Morgan fingerprint density at radius 1 is 1.36 bits per heavy atom. The molecule has 16 heteroatoms. The third kappa shape index (κ3) is 6.02. The highest BCUT2D eigenvalue weighted by Gasteiger charge is 2.54. The molecule has 3 atom stereocenters. The van der Waals surface area contributed by atoms with Gasteiger partial charge in [0.2, 0.25) is 0 Å². The highest BCUT2D eigenvalue weighted by molar-refractivity contribution is 8.01. The Labute approximate surface area is 235 Å². The van der Waals surface area contributed by atoms with Crippen molar-refractivity contribution in [2.75, 3.05) is 23.8 Å². The van der Waals surface area contributed by atoms with Crippen LogP contribution in [0.4, 0.5) is 5.13 Å². The van der Waals surface area contributed by atoms with Crippen molar-refractivity contribution in [2.24, 2.45) is 5.16 Å². The molecule has 1 fully saturated rings. The number of aromatic nitrogens is 2. The zero-order valence-electron chi connectivity index (χ0n) is 20.8. The summed E-state index contributed by atoms with van der Waals surface area (Å²) in [6.45, 7) is 3.48. The minimum Gasteiger partial charge on any atom is -0.477 e. The van der Waals surface area contributed by atoms with Crippen LogP contribution in [0, 0.1) is 0 Å². The minimum atomic E-state index is -1.23. The monoisotopic (exact) mass is 593 g/mol. The molecule has 4 heterocycles. The van der Waals surface area contributed by atoms with E-state index in [1.165, 1.54) is 28.4 Å².